The van der Waals surface area contributed by atoms with Gasteiger partial charge in [-0.1, -0.05) is 18.2 Å². The molecule has 0 aliphatic rings. The molecule has 8 heteroatoms. The first-order valence-electron chi connectivity index (χ1n) is 9.18. The number of pyridine rings is 2. The second-order valence-corrected chi connectivity index (χ2v) is 6.70. The molecule has 0 aliphatic heterocycles. The topological polar surface area (TPSA) is 108 Å². The summed E-state index contributed by atoms with van der Waals surface area (Å²) < 4.78 is 6.28. The summed E-state index contributed by atoms with van der Waals surface area (Å²) in [6.45, 7) is 0. The van der Waals surface area contributed by atoms with Crippen LogP contribution in [-0.2, 0) is 4.74 Å². The van der Waals surface area contributed by atoms with Crippen molar-refractivity contribution < 1.29 is 9.53 Å². The van der Waals surface area contributed by atoms with Crippen LogP contribution in [0, 0.1) is 0 Å². The van der Waals surface area contributed by atoms with Crippen LogP contribution in [0.2, 0.25) is 0 Å². The number of para-hydroxylation sites is 1. The number of methoxy groups -OCH3 is 1. The first kappa shape index (κ1) is 17.7. The lowest BCUT2D eigenvalue weighted by atomic mass is 10.1. The van der Waals surface area contributed by atoms with E-state index in [1.807, 2.05) is 24.3 Å². The first-order chi connectivity index (χ1) is 14.6. The molecule has 0 radical (unpaired) electrons. The van der Waals surface area contributed by atoms with E-state index in [0.717, 1.165) is 27.6 Å². The van der Waals surface area contributed by atoms with Crippen LogP contribution in [0.15, 0.2) is 67.1 Å². The van der Waals surface area contributed by atoms with Crippen molar-refractivity contribution in [2.75, 3.05) is 12.8 Å². The monoisotopic (exact) mass is 396 g/mol. The summed E-state index contributed by atoms with van der Waals surface area (Å²) in [4.78, 5) is 25.0. The second-order valence-electron chi connectivity index (χ2n) is 6.70. The van der Waals surface area contributed by atoms with Gasteiger partial charge in [-0.05, 0) is 24.3 Å². The van der Waals surface area contributed by atoms with Crippen LogP contribution < -0.4 is 5.73 Å². The Morgan fingerprint density at radius 3 is 2.63 bits per heavy atom. The van der Waals surface area contributed by atoms with E-state index in [2.05, 4.69) is 25.9 Å². The molecule has 0 saturated heterocycles. The molecule has 0 saturated carbocycles. The number of rotatable bonds is 3. The van der Waals surface area contributed by atoms with E-state index in [0.29, 0.717) is 17.2 Å². The van der Waals surface area contributed by atoms with E-state index in [-0.39, 0.29) is 5.69 Å². The highest BCUT2D eigenvalue weighted by molar-refractivity contribution is 5.88. The van der Waals surface area contributed by atoms with Gasteiger partial charge < -0.3 is 10.5 Å². The maximum atomic E-state index is 11.6. The first-order valence-corrected chi connectivity index (χ1v) is 9.18. The average Bonchev–Trinajstić information content (AvgIpc) is 3.23. The molecule has 30 heavy (non-hydrogen) atoms. The minimum Gasteiger partial charge on any atom is -0.464 e. The third-order valence-corrected chi connectivity index (χ3v) is 4.85. The Bertz CT molecular complexity index is 1410. The van der Waals surface area contributed by atoms with Gasteiger partial charge in [-0.3, -0.25) is 4.98 Å². The van der Waals surface area contributed by atoms with Gasteiger partial charge in [-0.15, -0.1) is 0 Å². The fourth-order valence-electron chi connectivity index (χ4n) is 3.33. The van der Waals surface area contributed by atoms with Crippen LogP contribution in [0.3, 0.4) is 0 Å². The van der Waals surface area contributed by atoms with Gasteiger partial charge in [0.05, 0.1) is 24.5 Å². The fourth-order valence-corrected chi connectivity index (χ4v) is 3.33. The largest absolute Gasteiger partial charge is 0.464 e. The summed E-state index contributed by atoms with van der Waals surface area (Å²) in [7, 11) is 1.32. The van der Waals surface area contributed by atoms with Crippen molar-refractivity contribution in [2.45, 2.75) is 0 Å². The van der Waals surface area contributed by atoms with Gasteiger partial charge in [0, 0.05) is 40.5 Å². The maximum Gasteiger partial charge on any atom is 0.356 e. The molecule has 4 heterocycles. The zero-order valence-electron chi connectivity index (χ0n) is 16.0. The lowest BCUT2D eigenvalue weighted by Crippen LogP contribution is -2.04. The number of carbonyl (C=O) groups is 1. The minimum absolute atomic E-state index is 0.225. The molecule has 0 bridgehead atoms. The molecule has 0 amide bonds. The third-order valence-electron chi connectivity index (χ3n) is 4.85. The molecule has 2 N–H and O–H groups in total. The van der Waals surface area contributed by atoms with Crippen molar-refractivity contribution in [3.63, 3.8) is 0 Å². The van der Waals surface area contributed by atoms with E-state index in [1.165, 1.54) is 7.11 Å². The Morgan fingerprint density at radius 1 is 1.00 bits per heavy atom. The lowest BCUT2D eigenvalue weighted by Gasteiger charge is -2.07. The number of anilines is 1. The van der Waals surface area contributed by atoms with Crippen LogP contribution in [0.4, 0.5) is 5.82 Å². The Hall–Kier alpha value is -4.33. The molecule has 1 aromatic carbocycles. The standard InChI is InChI=1S/C22H16N6O2/c1-30-22(29)18-7-6-14(10-25-18)19-9-20(23)28-21(27-19)16(12-26-28)15-8-13-4-2-3-5-17(13)24-11-15/h2-12H,23H2,1H3. The Balaban J connectivity index is 1.63. The van der Waals surface area contributed by atoms with Gasteiger partial charge in [0.1, 0.15) is 11.5 Å². The Labute approximate surface area is 171 Å². The van der Waals surface area contributed by atoms with Crippen molar-refractivity contribution in [3.8, 4) is 22.4 Å². The number of hydrogen-bond acceptors (Lipinski definition) is 7. The van der Waals surface area contributed by atoms with Crippen LogP contribution in [-0.4, -0.2) is 37.6 Å². The SMILES string of the molecule is COC(=O)c1ccc(-c2cc(N)n3ncc(-c4cnc5ccccc5c4)c3n2)cn1. The zero-order chi connectivity index (χ0) is 20.7. The highest BCUT2D eigenvalue weighted by Gasteiger charge is 2.14. The van der Waals surface area contributed by atoms with E-state index in [9.17, 15) is 4.79 Å². The van der Waals surface area contributed by atoms with Gasteiger partial charge in [0.15, 0.2) is 5.65 Å². The molecule has 5 rings (SSSR count). The number of nitrogen functional groups attached to an aromatic ring is 1. The minimum atomic E-state index is -0.494. The molecule has 5 aromatic rings. The van der Waals surface area contributed by atoms with Crippen LogP contribution >= 0.6 is 0 Å². The van der Waals surface area contributed by atoms with Crippen LogP contribution in [0.1, 0.15) is 10.5 Å². The number of hydrogen-bond donors (Lipinski definition) is 1. The summed E-state index contributed by atoms with van der Waals surface area (Å²) in [5.74, 6) is -0.0570. The summed E-state index contributed by atoms with van der Waals surface area (Å²) in [5, 5.41) is 5.41. The van der Waals surface area contributed by atoms with Crippen molar-refractivity contribution >= 4 is 28.3 Å². The van der Waals surface area contributed by atoms with Crippen LogP contribution in [0.5, 0.6) is 0 Å². The van der Waals surface area contributed by atoms with Gasteiger partial charge in [-0.2, -0.15) is 9.61 Å². The number of nitrogens with zero attached hydrogens (tertiary/aromatic N) is 5. The smallest absolute Gasteiger partial charge is 0.356 e. The number of ether oxygens (including phenoxy) is 1. The van der Waals surface area contributed by atoms with Gasteiger partial charge in [0.2, 0.25) is 0 Å². The lowest BCUT2D eigenvalue weighted by molar-refractivity contribution is 0.0594. The molecule has 8 nitrogen and oxygen atoms in total. The predicted molar refractivity (Wildman–Crippen MR) is 113 cm³/mol. The zero-order valence-corrected chi connectivity index (χ0v) is 16.0. The van der Waals surface area contributed by atoms with Crippen molar-refractivity contribution in [1.82, 2.24) is 24.6 Å². The molecule has 4 aromatic heterocycles. The molecule has 0 spiro atoms. The van der Waals surface area contributed by atoms with Gasteiger partial charge >= 0.3 is 5.97 Å². The van der Waals surface area contributed by atoms with Gasteiger partial charge in [0.25, 0.3) is 0 Å². The number of carbonyl (C=O) groups excluding carboxylic acids is 1. The fraction of sp³-hybridized carbons (Fsp3) is 0.0455. The highest BCUT2D eigenvalue weighted by Crippen LogP contribution is 2.29. The number of benzene rings is 1. The average molecular weight is 396 g/mol. The Kier molecular flexibility index (Phi) is 4.10. The molecule has 0 fully saturated rings. The summed E-state index contributed by atoms with van der Waals surface area (Å²) in [6.07, 6.45) is 5.10. The van der Waals surface area contributed by atoms with E-state index in [1.54, 1.807) is 41.3 Å². The number of esters is 1. The highest BCUT2D eigenvalue weighted by atomic mass is 16.5. The number of nitrogens with two attached hydrogens (primary N) is 1. The summed E-state index contributed by atoms with van der Waals surface area (Å²) >= 11 is 0. The molecule has 0 atom stereocenters. The third kappa shape index (κ3) is 2.91. The quantitative estimate of drug-likeness (QED) is 0.466. The van der Waals surface area contributed by atoms with E-state index < -0.39 is 5.97 Å². The van der Waals surface area contributed by atoms with Crippen molar-refractivity contribution in [2.24, 2.45) is 0 Å². The number of fused-ring (bicyclic) bond motifs is 2. The van der Waals surface area contributed by atoms with E-state index >= 15 is 0 Å². The van der Waals surface area contributed by atoms with Crippen molar-refractivity contribution in [1.29, 1.82) is 0 Å². The van der Waals surface area contributed by atoms with Crippen molar-refractivity contribution in [3.05, 3.63) is 72.8 Å². The molecular weight excluding hydrogens is 380 g/mol. The molecule has 0 aliphatic carbocycles. The summed E-state index contributed by atoms with van der Waals surface area (Å²) in [6, 6.07) is 15.0. The summed E-state index contributed by atoms with van der Waals surface area (Å²) in [5.41, 5.74) is 11.0. The second kappa shape index (κ2) is 6.93. The van der Waals surface area contributed by atoms with Gasteiger partial charge in [-0.25, -0.2) is 14.8 Å². The van der Waals surface area contributed by atoms with Crippen LogP contribution in [0.25, 0.3) is 38.9 Å². The molecule has 0 unspecified atom stereocenters. The maximum absolute atomic E-state index is 11.6. The molecule has 146 valence electrons. The predicted octanol–water partition coefficient (Wildman–Crippen LogP) is 3.38. The Morgan fingerprint density at radius 2 is 1.83 bits per heavy atom. The molecular formula is C22H16N6O2. The van der Waals surface area contributed by atoms with E-state index in [4.69, 9.17) is 10.7 Å². The normalized spacial score (nSPS) is 11.1. The number of aromatic nitrogens is 5.